The Morgan fingerprint density at radius 2 is 1.80 bits per heavy atom. The number of methoxy groups -OCH3 is 2. The zero-order chi connectivity index (χ0) is 21.5. The minimum absolute atomic E-state index is 0.0679. The van der Waals surface area contributed by atoms with Gasteiger partial charge in [-0.25, -0.2) is 0 Å². The number of nitrogens with zero attached hydrogens (tertiary/aromatic N) is 3. The van der Waals surface area contributed by atoms with Crippen molar-refractivity contribution >= 4 is 17.7 Å². The van der Waals surface area contributed by atoms with Crippen LogP contribution in [-0.4, -0.2) is 40.1 Å². The highest BCUT2D eigenvalue weighted by Gasteiger charge is 2.19. The predicted octanol–water partition coefficient (Wildman–Crippen LogP) is 3.45. The number of aryl methyl sites for hydroxylation is 1. The van der Waals surface area contributed by atoms with Crippen molar-refractivity contribution in [1.82, 2.24) is 20.1 Å². The van der Waals surface area contributed by atoms with E-state index in [2.05, 4.69) is 27.6 Å². The molecule has 7 nitrogen and oxygen atoms in total. The van der Waals surface area contributed by atoms with Gasteiger partial charge in [0, 0.05) is 6.54 Å². The van der Waals surface area contributed by atoms with E-state index in [1.54, 1.807) is 14.2 Å². The molecule has 1 unspecified atom stereocenters. The van der Waals surface area contributed by atoms with Crippen molar-refractivity contribution in [2.24, 2.45) is 0 Å². The Morgan fingerprint density at radius 3 is 2.50 bits per heavy atom. The molecule has 0 bridgehead atoms. The molecule has 3 aromatic rings. The van der Waals surface area contributed by atoms with Gasteiger partial charge >= 0.3 is 0 Å². The molecule has 0 radical (unpaired) electrons. The van der Waals surface area contributed by atoms with Gasteiger partial charge in [0.25, 0.3) is 0 Å². The van der Waals surface area contributed by atoms with E-state index in [0.29, 0.717) is 24.6 Å². The maximum Gasteiger partial charge on any atom is 0.233 e. The van der Waals surface area contributed by atoms with Crippen molar-refractivity contribution in [2.75, 3.05) is 14.2 Å². The van der Waals surface area contributed by atoms with Gasteiger partial charge in [-0.1, -0.05) is 48.2 Å². The second kappa shape index (κ2) is 10.2. The summed E-state index contributed by atoms with van der Waals surface area (Å²) in [5.74, 6) is 2.04. The Labute approximate surface area is 180 Å². The van der Waals surface area contributed by atoms with Gasteiger partial charge in [-0.15, -0.1) is 10.2 Å². The van der Waals surface area contributed by atoms with E-state index in [4.69, 9.17) is 9.47 Å². The third-order valence-electron chi connectivity index (χ3n) is 4.65. The summed E-state index contributed by atoms with van der Waals surface area (Å²) >= 11 is 1.40. The highest BCUT2D eigenvalue weighted by atomic mass is 32.2. The van der Waals surface area contributed by atoms with Gasteiger partial charge in [0.2, 0.25) is 5.91 Å². The number of carbonyl (C=O) groups excluding carboxylic acids is 1. The SMILES string of the molecule is COc1ccc(CNC(=O)C(C)Sc2nnc(C)n2Cc2ccccc2)cc1OC. The van der Waals surface area contributed by atoms with E-state index < -0.39 is 0 Å². The number of rotatable bonds is 9. The largest absolute Gasteiger partial charge is 0.493 e. The molecule has 1 aromatic heterocycles. The van der Waals surface area contributed by atoms with E-state index in [-0.39, 0.29) is 11.2 Å². The number of aromatic nitrogens is 3. The van der Waals surface area contributed by atoms with Crippen LogP contribution in [0.2, 0.25) is 0 Å². The van der Waals surface area contributed by atoms with Crippen molar-refractivity contribution in [3.05, 3.63) is 65.5 Å². The van der Waals surface area contributed by atoms with Gasteiger partial charge in [-0.3, -0.25) is 4.79 Å². The van der Waals surface area contributed by atoms with Crippen LogP contribution in [0.15, 0.2) is 53.7 Å². The molecule has 0 saturated heterocycles. The first-order chi connectivity index (χ1) is 14.5. The molecule has 1 amide bonds. The van der Waals surface area contributed by atoms with Crippen LogP contribution in [0.1, 0.15) is 23.9 Å². The molecule has 1 heterocycles. The van der Waals surface area contributed by atoms with Gasteiger partial charge in [0.05, 0.1) is 26.0 Å². The molecular weight excluding hydrogens is 400 g/mol. The molecule has 0 aliphatic rings. The molecule has 0 aliphatic carbocycles. The van der Waals surface area contributed by atoms with E-state index in [1.807, 2.05) is 54.8 Å². The summed E-state index contributed by atoms with van der Waals surface area (Å²) in [6, 6.07) is 15.7. The van der Waals surface area contributed by atoms with E-state index in [9.17, 15) is 4.79 Å². The average molecular weight is 427 g/mol. The first-order valence-electron chi connectivity index (χ1n) is 9.60. The first-order valence-corrected chi connectivity index (χ1v) is 10.5. The Balaban J connectivity index is 1.61. The molecule has 1 N–H and O–H groups in total. The lowest BCUT2D eigenvalue weighted by atomic mass is 10.2. The lowest BCUT2D eigenvalue weighted by Gasteiger charge is -2.14. The number of nitrogens with one attached hydrogen (secondary N) is 1. The third kappa shape index (κ3) is 5.33. The van der Waals surface area contributed by atoms with Crippen molar-refractivity contribution < 1.29 is 14.3 Å². The molecule has 1 atom stereocenters. The summed E-state index contributed by atoms with van der Waals surface area (Å²) in [6.07, 6.45) is 0. The molecule has 0 fully saturated rings. The van der Waals surface area contributed by atoms with E-state index in [1.165, 1.54) is 11.8 Å². The number of hydrogen-bond acceptors (Lipinski definition) is 6. The summed E-state index contributed by atoms with van der Waals surface area (Å²) < 4.78 is 12.6. The van der Waals surface area contributed by atoms with Crippen molar-refractivity contribution in [3.8, 4) is 11.5 Å². The van der Waals surface area contributed by atoms with Crippen LogP contribution < -0.4 is 14.8 Å². The van der Waals surface area contributed by atoms with Crippen LogP contribution in [0, 0.1) is 6.92 Å². The number of carbonyl (C=O) groups is 1. The Bertz CT molecular complexity index is 991. The van der Waals surface area contributed by atoms with Crippen molar-refractivity contribution in [3.63, 3.8) is 0 Å². The van der Waals surface area contributed by atoms with E-state index >= 15 is 0 Å². The summed E-state index contributed by atoms with van der Waals surface area (Å²) in [7, 11) is 3.18. The Kier molecular flexibility index (Phi) is 7.35. The van der Waals surface area contributed by atoms with Crippen molar-refractivity contribution in [2.45, 2.75) is 37.3 Å². The zero-order valence-electron chi connectivity index (χ0n) is 17.6. The fourth-order valence-corrected chi connectivity index (χ4v) is 3.85. The normalized spacial score (nSPS) is 11.7. The standard InChI is InChI=1S/C22H26N4O3S/c1-15(21(27)23-13-18-10-11-19(28-3)20(12-18)29-4)30-22-25-24-16(2)26(22)14-17-8-6-5-7-9-17/h5-12,15H,13-14H2,1-4H3,(H,23,27). The fraction of sp³-hybridized carbons (Fsp3) is 0.318. The quantitative estimate of drug-likeness (QED) is 0.528. The minimum atomic E-state index is -0.316. The maximum absolute atomic E-state index is 12.6. The van der Waals surface area contributed by atoms with Crippen molar-refractivity contribution in [1.29, 1.82) is 0 Å². The third-order valence-corrected chi connectivity index (χ3v) is 5.73. The van der Waals surface area contributed by atoms with Gasteiger partial charge < -0.3 is 19.4 Å². The monoisotopic (exact) mass is 426 g/mol. The van der Waals surface area contributed by atoms with Crippen LogP contribution in [0.3, 0.4) is 0 Å². The zero-order valence-corrected chi connectivity index (χ0v) is 18.4. The van der Waals surface area contributed by atoms with Crippen LogP contribution in [-0.2, 0) is 17.9 Å². The minimum Gasteiger partial charge on any atom is -0.493 e. The molecule has 3 rings (SSSR count). The van der Waals surface area contributed by atoms with Crippen LogP contribution in [0.25, 0.3) is 0 Å². The second-order valence-electron chi connectivity index (χ2n) is 6.77. The van der Waals surface area contributed by atoms with Crippen LogP contribution in [0.5, 0.6) is 11.5 Å². The highest BCUT2D eigenvalue weighted by Crippen LogP contribution is 2.28. The molecule has 158 valence electrons. The smallest absolute Gasteiger partial charge is 0.233 e. The molecular formula is C22H26N4O3S. The summed E-state index contributed by atoms with van der Waals surface area (Å²) in [5, 5.41) is 11.8. The molecule has 30 heavy (non-hydrogen) atoms. The topological polar surface area (TPSA) is 78.3 Å². The van der Waals surface area contributed by atoms with Gasteiger partial charge in [0.15, 0.2) is 16.7 Å². The number of ether oxygens (including phenoxy) is 2. The van der Waals surface area contributed by atoms with Gasteiger partial charge in [0.1, 0.15) is 5.82 Å². The number of amides is 1. The van der Waals surface area contributed by atoms with Crippen LogP contribution >= 0.6 is 11.8 Å². The Morgan fingerprint density at radius 1 is 1.07 bits per heavy atom. The first kappa shape index (κ1) is 21.7. The second-order valence-corrected chi connectivity index (χ2v) is 8.08. The fourth-order valence-electron chi connectivity index (χ4n) is 2.93. The molecule has 8 heteroatoms. The van der Waals surface area contributed by atoms with E-state index in [0.717, 1.165) is 22.1 Å². The predicted molar refractivity (Wildman–Crippen MR) is 117 cm³/mol. The van der Waals surface area contributed by atoms with Gasteiger partial charge in [-0.2, -0.15) is 0 Å². The molecule has 0 spiro atoms. The van der Waals surface area contributed by atoms with Gasteiger partial charge in [-0.05, 0) is 37.1 Å². The number of thioether (sulfide) groups is 1. The lowest BCUT2D eigenvalue weighted by Crippen LogP contribution is -2.30. The highest BCUT2D eigenvalue weighted by molar-refractivity contribution is 8.00. The number of benzene rings is 2. The molecule has 2 aromatic carbocycles. The summed E-state index contributed by atoms with van der Waals surface area (Å²) in [6.45, 7) is 4.86. The maximum atomic E-state index is 12.6. The molecule has 0 aliphatic heterocycles. The summed E-state index contributed by atoms with van der Waals surface area (Å²) in [4.78, 5) is 12.6. The summed E-state index contributed by atoms with van der Waals surface area (Å²) in [5.41, 5.74) is 2.09. The average Bonchev–Trinajstić information content (AvgIpc) is 3.11. The number of hydrogen-bond donors (Lipinski definition) is 1. The lowest BCUT2D eigenvalue weighted by molar-refractivity contribution is -0.120. The Hall–Kier alpha value is -3.00. The van der Waals surface area contributed by atoms with Crippen LogP contribution in [0.4, 0.5) is 0 Å². The molecule has 0 saturated carbocycles.